The Morgan fingerprint density at radius 2 is 2.05 bits per heavy atom. The van der Waals surface area contributed by atoms with E-state index in [0.29, 0.717) is 25.3 Å². The lowest BCUT2D eigenvalue weighted by atomic mass is 9.96. The molecule has 7 heteroatoms. The van der Waals surface area contributed by atoms with Gasteiger partial charge in [0.1, 0.15) is 5.54 Å². The predicted molar refractivity (Wildman–Crippen MR) is 62.3 cm³/mol. The maximum Gasteiger partial charge on any atom is 0.391 e. The molecule has 0 aliphatic heterocycles. The molecule has 4 nitrogen and oxygen atoms in total. The summed E-state index contributed by atoms with van der Waals surface area (Å²) in [6.07, 6.45) is -1.95. The minimum Gasteiger partial charge on any atom is -0.378 e. The molecule has 2 aliphatic carbocycles. The molecule has 2 fully saturated rings. The van der Waals surface area contributed by atoms with Gasteiger partial charge in [-0.1, -0.05) is 0 Å². The molecule has 2 rings (SSSR count). The van der Waals surface area contributed by atoms with Gasteiger partial charge in [0.25, 0.3) is 0 Å². The molecule has 2 atom stereocenters. The van der Waals surface area contributed by atoms with Crippen LogP contribution in [0.1, 0.15) is 38.5 Å². The van der Waals surface area contributed by atoms with Crippen molar-refractivity contribution in [1.29, 1.82) is 0 Å². The van der Waals surface area contributed by atoms with E-state index in [4.69, 9.17) is 10.5 Å². The zero-order valence-corrected chi connectivity index (χ0v) is 10.6. The van der Waals surface area contributed by atoms with Gasteiger partial charge in [0.15, 0.2) is 0 Å². The first kappa shape index (κ1) is 14.6. The van der Waals surface area contributed by atoms with Gasteiger partial charge in [0.05, 0.1) is 19.1 Å². The predicted octanol–water partition coefficient (Wildman–Crippen LogP) is 1.48. The minimum absolute atomic E-state index is 0.318. The van der Waals surface area contributed by atoms with Crippen LogP contribution in [0, 0.1) is 0 Å². The fourth-order valence-electron chi connectivity index (χ4n) is 2.53. The lowest BCUT2D eigenvalue weighted by molar-refractivity contribution is -0.149. The Hall–Kier alpha value is -0.820. The van der Waals surface area contributed by atoms with Crippen molar-refractivity contribution in [2.45, 2.75) is 62.4 Å². The third-order valence-electron chi connectivity index (χ3n) is 3.74. The number of primary amides is 1. The van der Waals surface area contributed by atoms with Gasteiger partial charge in [-0.2, -0.15) is 13.2 Å². The third-order valence-corrected chi connectivity index (χ3v) is 3.74. The molecule has 0 saturated heterocycles. The van der Waals surface area contributed by atoms with Crippen LogP contribution >= 0.6 is 0 Å². The number of hydrogen-bond acceptors (Lipinski definition) is 3. The van der Waals surface area contributed by atoms with Gasteiger partial charge in [-0.25, -0.2) is 0 Å². The number of ether oxygens (including phenoxy) is 1. The molecule has 3 N–H and O–H groups in total. The fourth-order valence-corrected chi connectivity index (χ4v) is 2.53. The summed E-state index contributed by atoms with van der Waals surface area (Å²) in [6.45, 7) is -0.355. The number of alkyl halides is 3. The molecule has 0 bridgehead atoms. The average molecular weight is 280 g/mol. The standard InChI is InChI=1S/C12H19F3N2O2/c13-12(14,15)5-6-19-9-3-4-11(7-9,10(16)18)17-8-1-2-8/h8-9,17H,1-7H2,(H2,16,18). The van der Waals surface area contributed by atoms with E-state index >= 15 is 0 Å². The zero-order chi connectivity index (χ0) is 14.1. The van der Waals surface area contributed by atoms with E-state index in [-0.39, 0.29) is 12.7 Å². The van der Waals surface area contributed by atoms with Crippen molar-refractivity contribution in [3.63, 3.8) is 0 Å². The van der Waals surface area contributed by atoms with Crippen molar-refractivity contribution in [2.75, 3.05) is 6.61 Å². The summed E-state index contributed by atoms with van der Waals surface area (Å²) in [4.78, 5) is 11.6. The third kappa shape index (κ3) is 4.07. The van der Waals surface area contributed by atoms with Crippen LogP contribution in [-0.2, 0) is 9.53 Å². The number of nitrogens with two attached hydrogens (primary N) is 1. The Labute approximate surface area is 109 Å². The molecule has 110 valence electrons. The number of carbonyl (C=O) groups is 1. The highest BCUT2D eigenvalue weighted by Gasteiger charge is 2.47. The van der Waals surface area contributed by atoms with Gasteiger partial charge in [-0.3, -0.25) is 4.79 Å². The molecule has 19 heavy (non-hydrogen) atoms. The number of amides is 1. The quantitative estimate of drug-likeness (QED) is 0.774. The highest BCUT2D eigenvalue weighted by atomic mass is 19.4. The van der Waals surface area contributed by atoms with E-state index in [0.717, 1.165) is 12.8 Å². The molecule has 2 unspecified atom stereocenters. The van der Waals surface area contributed by atoms with Crippen LogP contribution in [0.2, 0.25) is 0 Å². The first-order valence-corrected chi connectivity index (χ1v) is 6.57. The van der Waals surface area contributed by atoms with Crippen molar-refractivity contribution in [2.24, 2.45) is 5.73 Å². The Morgan fingerprint density at radius 3 is 2.58 bits per heavy atom. The molecule has 1 amide bonds. The van der Waals surface area contributed by atoms with E-state index in [1.807, 2.05) is 0 Å². The minimum atomic E-state index is -4.20. The number of nitrogens with one attached hydrogen (secondary N) is 1. The largest absolute Gasteiger partial charge is 0.391 e. The summed E-state index contributed by atoms with van der Waals surface area (Å²) in [6, 6.07) is 0.321. The molecular weight excluding hydrogens is 261 g/mol. The van der Waals surface area contributed by atoms with Crippen LogP contribution in [0.3, 0.4) is 0 Å². The van der Waals surface area contributed by atoms with E-state index in [9.17, 15) is 18.0 Å². The van der Waals surface area contributed by atoms with Crippen LogP contribution in [0.4, 0.5) is 13.2 Å². The second kappa shape index (κ2) is 5.28. The Balaban J connectivity index is 1.81. The van der Waals surface area contributed by atoms with Crippen LogP contribution in [0.15, 0.2) is 0 Å². The van der Waals surface area contributed by atoms with Crippen molar-refractivity contribution in [3.8, 4) is 0 Å². The van der Waals surface area contributed by atoms with E-state index in [2.05, 4.69) is 5.32 Å². The maximum absolute atomic E-state index is 12.0. The summed E-state index contributed by atoms with van der Waals surface area (Å²) in [5, 5.41) is 3.23. The van der Waals surface area contributed by atoms with Gasteiger partial charge in [-0.15, -0.1) is 0 Å². The Morgan fingerprint density at radius 1 is 1.37 bits per heavy atom. The number of rotatable bonds is 6. The molecule has 0 spiro atoms. The summed E-state index contributed by atoms with van der Waals surface area (Å²) in [5.74, 6) is -0.429. The topological polar surface area (TPSA) is 64.4 Å². The summed E-state index contributed by atoms with van der Waals surface area (Å²) in [7, 11) is 0. The molecular formula is C12H19F3N2O2. The van der Waals surface area contributed by atoms with Crippen molar-refractivity contribution in [3.05, 3.63) is 0 Å². The monoisotopic (exact) mass is 280 g/mol. The van der Waals surface area contributed by atoms with E-state index in [1.165, 1.54) is 0 Å². The second-order valence-corrected chi connectivity index (χ2v) is 5.47. The smallest absolute Gasteiger partial charge is 0.378 e. The molecule has 0 heterocycles. The van der Waals surface area contributed by atoms with Crippen LogP contribution in [-0.4, -0.2) is 36.4 Å². The average Bonchev–Trinajstić information content (AvgIpc) is 2.97. The van der Waals surface area contributed by atoms with Crippen LogP contribution in [0.25, 0.3) is 0 Å². The zero-order valence-electron chi connectivity index (χ0n) is 10.6. The Kier molecular flexibility index (Phi) is 4.06. The lowest BCUT2D eigenvalue weighted by Gasteiger charge is -2.27. The highest BCUT2D eigenvalue weighted by Crippen LogP contribution is 2.35. The van der Waals surface area contributed by atoms with Crippen LogP contribution in [0.5, 0.6) is 0 Å². The first-order valence-electron chi connectivity index (χ1n) is 6.57. The number of hydrogen-bond donors (Lipinski definition) is 2. The first-order chi connectivity index (χ1) is 8.81. The normalized spacial score (nSPS) is 31.6. The summed E-state index contributed by atoms with van der Waals surface area (Å²) < 4.78 is 41.3. The van der Waals surface area contributed by atoms with Gasteiger partial charge >= 0.3 is 6.18 Å². The van der Waals surface area contributed by atoms with E-state index < -0.39 is 24.0 Å². The van der Waals surface area contributed by atoms with Crippen molar-refractivity contribution < 1.29 is 22.7 Å². The van der Waals surface area contributed by atoms with Gasteiger partial charge in [0.2, 0.25) is 5.91 Å². The molecule has 0 radical (unpaired) electrons. The van der Waals surface area contributed by atoms with Crippen molar-refractivity contribution >= 4 is 5.91 Å². The summed E-state index contributed by atoms with van der Waals surface area (Å²) >= 11 is 0. The number of carbonyl (C=O) groups excluding carboxylic acids is 1. The second-order valence-electron chi connectivity index (χ2n) is 5.47. The maximum atomic E-state index is 12.0. The Bertz CT molecular complexity index is 344. The lowest BCUT2D eigenvalue weighted by Crippen LogP contribution is -2.54. The van der Waals surface area contributed by atoms with Crippen LogP contribution < -0.4 is 11.1 Å². The fraction of sp³-hybridized carbons (Fsp3) is 0.917. The highest BCUT2D eigenvalue weighted by molar-refractivity contribution is 5.85. The molecule has 2 aliphatic rings. The molecule has 0 aromatic heterocycles. The SMILES string of the molecule is NC(=O)C1(NC2CC2)CCC(OCCC(F)(F)F)C1. The molecule has 0 aromatic rings. The van der Waals surface area contributed by atoms with Gasteiger partial charge in [-0.05, 0) is 25.7 Å². The summed E-state index contributed by atoms with van der Waals surface area (Å²) in [5.41, 5.74) is 4.64. The van der Waals surface area contributed by atoms with E-state index in [1.54, 1.807) is 0 Å². The van der Waals surface area contributed by atoms with Gasteiger partial charge in [0, 0.05) is 12.5 Å². The molecule has 0 aromatic carbocycles. The molecule has 2 saturated carbocycles. The van der Waals surface area contributed by atoms with Crippen molar-refractivity contribution in [1.82, 2.24) is 5.32 Å². The van der Waals surface area contributed by atoms with Gasteiger partial charge < -0.3 is 15.8 Å². The number of halogens is 3.